The second-order valence-electron chi connectivity index (χ2n) is 4.79. The van der Waals surface area contributed by atoms with E-state index < -0.39 is 0 Å². The summed E-state index contributed by atoms with van der Waals surface area (Å²) in [7, 11) is 0. The molecular weight excluding hydrogens is 248 g/mol. The Morgan fingerprint density at radius 1 is 1.33 bits per heavy atom. The van der Waals surface area contributed by atoms with Crippen LogP contribution in [0.15, 0.2) is 18.2 Å². The normalized spacial score (nSPS) is 15.6. The Bertz CT molecular complexity index is 612. The smallest absolute Gasteiger partial charge is 0.256 e. The van der Waals surface area contributed by atoms with E-state index in [1.54, 1.807) is 0 Å². The first kappa shape index (κ1) is 11.6. The van der Waals surface area contributed by atoms with Crippen LogP contribution in [0.3, 0.4) is 0 Å². The summed E-state index contributed by atoms with van der Waals surface area (Å²) in [6, 6.07) is 5.68. The van der Waals surface area contributed by atoms with E-state index in [-0.39, 0.29) is 5.91 Å². The zero-order chi connectivity index (χ0) is 12.7. The molecule has 0 bridgehead atoms. The molecule has 4 heteroatoms. The minimum Gasteiger partial charge on any atom is -0.358 e. The minimum absolute atomic E-state index is 0.101. The van der Waals surface area contributed by atoms with E-state index >= 15 is 0 Å². The summed E-state index contributed by atoms with van der Waals surface area (Å²) in [6.07, 6.45) is 2.20. The molecule has 0 unspecified atom stereocenters. The zero-order valence-electron chi connectivity index (χ0n) is 10.3. The third-order valence-corrected chi connectivity index (χ3v) is 3.88. The van der Waals surface area contributed by atoms with Crippen molar-refractivity contribution in [1.29, 1.82) is 0 Å². The fourth-order valence-electron chi connectivity index (χ4n) is 2.68. The van der Waals surface area contributed by atoms with Crippen LogP contribution in [-0.4, -0.2) is 28.9 Å². The quantitative estimate of drug-likeness (QED) is 0.840. The minimum atomic E-state index is 0.101. The van der Waals surface area contributed by atoms with E-state index in [4.69, 9.17) is 11.6 Å². The molecule has 94 valence electrons. The van der Waals surface area contributed by atoms with Crippen LogP contribution < -0.4 is 0 Å². The average molecular weight is 263 g/mol. The Hall–Kier alpha value is -1.48. The number of H-pyrrole nitrogens is 1. The maximum atomic E-state index is 12.5. The molecule has 1 aromatic carbocycles. The summed E-state index contributed by atoms with van der Waals surface area (Å²) in [5, 5.41) is 1.49. The van der Waals surface area contributed by atoms with Gasteiger partial charge in [0, 0.05) is 29.7 Å². The van der Waals surface area contributed by atoms with Crippen molar-refractivity contribution < 1.29 is 4.79 Å². The Balaban J connectivity index is 2.15. The lowest BCUT2D eigenvalue weighted by molar-refractivity contribution is 0.0794. The largest absolute Gasteiger partial charge is 0.358 e. The molecule has 0 saturated carbocycles. The monoisotopic (exact) mass is 262 g/mol. The molecule has 1 aliphatic heterocycles. The van der Waals surface area contributed by atoms with Crippen LogP contribution in [0.25, 0.3) is 10.9 Å². The van der Waals surface area contributed by atoms with Gasteiger partial charge in [-0.15, -0.1) is 0 Å². The summed E-state index contributed by atoms with van der Waals surface area (Å²) in [4.78, 5) is 17.7. The van der Waals surface area contributed by atoms with Gasteiger partial charge >= 0.3 is 0 Å². The van der Waals surface area contributed by atoms with Gasteiger partial charge in [-0.2, -0.15) is 0 Å². The number of aryl methyl sites for hydroxylation is 1. The molecule has 1 fully saturated rings. The van der Waals surface area contributed by atoms with Crippen LogP contribution in [0.1, 0.15) is 28.9 Å². The second kappa shape index (κ2) is 4.32. The highest BCUT2D eigenvalue weighted by Gasteiger charge is 2.25. The van der Waals surface area contributed by atoms with Gasteiger partial charge in [0.1, 0.15) is 0 Å². The van der Waals surface area contributed by atoms with Crippen molar-refractivity contribution >= 4 is 28.4 Å². The van der Waals surface area contributed by atoms with Crippen LogP contribution >= 0.6 is 11.6 Å². The number of hydrogen-bond acceptors (Lipinski definition) is 1. The molecule has 2 heterocycles. The van der Waals surface area contributed by atoms with Gasteiger partial charge in [-0.3, -0.25) is 4.79 Å². The number of aromatic amines is 1. The van der Waals surface area contributed by atoms with E-state index in [0.717, 1.165) is 48.1 Å². The maximum absolute atomic E-state index is 12.5. The Labute approximate surface area is 111 Å². The van der Waals surface area contributed by atoms with E-state index in [1.807, 2.05) is 30.0 Å². The lowest BCUT2D eigenvalue weighted by Crippen LogP contribution is -2.28. The number of nitrogens with one attached hydrogen (secondary N) is 1. The summed E-state index contributed by atoms with van der Waals surface area (Å²) in [6.45, 7) is 3.64. The van der Waals surface area contributed by atoms with Crippen LogP contribution in [0, 0.1) is 6.92 Å². The SMILES string of the molecule is Cc1[nH]c2cccc(Cl)c2c1C(=O)N1CCCC1. The molecule has 0 radical (unpaired) electrons. The number of rotatable bonds is 1. The topological polar surface area (TPSA) is 36.1 Å². The van der Waals surface area contributed by atoms with Gasteiger partial charge in [0.25, 0.3) is 5.91 Å². The van der Waals surface area contributed by atoms with Gasteiger partial charge in [0.05, 0.1) is 10.6 Å². The van der Waals surface area contributed by atoms with Gasteiger partial charge in [-0.05, 0) is 31.9 Å². The highest BCUT2D eigenvalue weighted by Crippen LogP contribution is 2.30. The number of carbonyl (C=O) groups excluding carboxylic acids is 1. The summed E-state index contributed by atoms with van der Waals surface area (Å²) in [5.41, 5.74) is 2.56. The van der Waals surface area contributed by atoms with Crippen LogP contribution in [0.5, 0.6) is 0 Å². The molecule has 1 N–H and O–H groups in total. The van der Waals surface area contributed by atoms with Crippen LogP contribution in [0.4, 0.5) is 0 Å². The number of nitrogens with zero attached hydrogens (tertiary/aromatic N) is 1. The van der Waals surface area contributed by atoms with Crippen molar-refractivity contribution in [3.8, 4) is 0 Å². The number of halogens is 1. The third-order valence-electron chi connectivity index (χ3n) is 3.57. The van der Waals surface area contributed by atoms with E-state index in [1.165, 1.54) is 0 Å². The van der Waals surface area contributed by atoms with Crippen LogP contribution in [-0.2, 0) is 0 Å². The molecule has 0 spiro atoms. The van der Waals surface area contributed by atoms with Gasteiger partial charge in [0.2, 0.25) is 0 Å². The van der Waals surface area contributed by atoms with Gasteiger partial charge in [-0.1, -0.05) is 17.7 Å². The molecule has 0 aliphatic carbocycles. The Kier molecular flexibility index (Phi) is 2.78. The molecule has 1 aliphatic rings. The number of aromatic nitrogens is 1. The molecule has 1 aromatic heterocycles. The van der Waals surface area contributed by atoms with Crippen LogP contribution in [0.2, 0.25) is 5.02 Å². The number of likely N-dealkylation sites (tertiary alicyclic amines) is 1. The molecular formula is C14H15ClN2O. The molecule has 3 nitrogen and oxygen atoms in total. The lowest BCUT2D eigenvalue weighted by Gasteiger charge is -2.15. The van der Waals surface area contributed by atoms with Crippen molar-refractivity contribution in [3.63, 3.8) is 0 Å². The highest BCUT2D eigenvalue weighted by atomic mass is 35.5. The van der Waals surface area contributed by atoms with Gasteiger partial charge in [0.15, 0.2) is 0 Å². The van der Waals surface area contributed by atoms with Gasteiger partial charge < -0.3 is 9.88 Å². The van der Waals surface area contributed by atoms with Crippen molar-refractivity contribution in [1.82, 2.24) is 9.88 Å². The first-order valence-electron chi connectivity index (χ1n) is 6.24. The predicted octanol–water partition coefficient (Wildman–Crippen LogP) is 3.37. The van der Waals surface area contributed by atoms with Crippen molar-refractivity contribution in [2.24, 2.45) is 0 Å². The number of fused-ring (bicyclic) bond motifs is 1. The van der Waals surface area contributed by atoms with Crippen molar-refractivity contribution in [3.05, 3.63) is 34.5 Å². The fourth-order valence-corrected chi connectivity index (χ4v) is 2.95. The number of hydrogen-bond donors (Lipinski definition) is 1. The van der Waals surface area contributed by atoms with E-state index in [2.05, 4.69) is 4.98 Å². The standard InChI is InChI=1S/C14H15ClN2O/c1-9-12(14(18)17-7-2-3-8-17)13-10(15)5-4-6-11(13)16-9/h4-6,16H,2-3,7-8H2,1H3. The van der Waals surface area contributed by atoms with Crippen molar-refractivity contribution in [2.75, 3.05) is 13.1 Å². The summed E-state index contributed by atoms with van der Waals surface area (Å²) < 4.78 is 0. The van der Waals surface area contributed by atoms with Crippen molar-refractivity contribution in [2.45, 2.75) is 19.8 Å². The fraction of sp³-hybridized carbons (Fsp3) is 0.357. The van der Waals surface area contributed by atoms with E-state index in [0.29, 0.717) is 5.02 Å². The first-order valence-corrected chi connectivity index (χ1v) is 6.62. The average Bonchev–Trinajstić information content (AvgIpc) is 2.95. The highest BCUT2D eigenvalue weighted by molar-refractivity contribution is 6.37. The molecule has 1 amide bonds. The van der Waals surface area contributed by atoms with E-state index in [9.17, 15) is 4.79 Å². The molecule has 2 aromatic rings. The Morgan fingerprint density at radius 3 is 2.78 bits per heavy atom. The second-order valence-corrected chi connectivity index (χ2v) is 5.19. The third kappa shape index (κ3) is 1.70. The maximum Gasteiger partial charge on any atom is 0.256 e. The zero-order valence-corrected chi connectivity index (χ0v) is 11.0. The number of carbonyl (C=O) groups is 1. The summed E-state index contributed by atoms with van der Waals surface area (Å²) in [5.74, 6) is 0.101. The Morgan fingerprint density at radius 2 is 2.06 bits per heavy atom. The summed E-state index contributed by atoms with van der Waals surface area (Å²) >= 11 is 6.24. The molecule has 0 atom stereocenters. The number of benzene rings is 1. The molecule has 18 heavy (non-hydrogen) atoms. The molecule has 1 saturated heterocycles. The first-order chi connectivity index (χ1) is 8.68. The number of amides is 1. The lowest BCUT2D eigenvalue weighted by atomic mass is 10.1. The predicted molar refractivity (Wildman–Crippen MR) is 73.2 cm³/mol. The van der Waals surface area contributed by atoms with Gasteiger partial charge in [-0.25, -0.2) is 0 Å². The molecule has 3 rings (SSSR count).